The summed E-state index contributed by atoms with van der Waals surface area (Å²) in [5.74, 6) is 0. The summed E-state index contributed by atoms with van der Waals surface area (Å²) in [7, 11) is 0. The van der Waals surface area contributed by atoms with Crippen molar-refractivity contribution in [2.75, 3.05) is 6.54 Å². The van der Waals surface area contributed by atoms with Crippen molar-refractivity contribution >= 4 is 22.0 Å². The summed E-state index contributed by atoms with van der Waals surface area (Å²) in [4.78, 5) is 3.22. The molecule has 12 heavy (non-hydrogen) atoms. The first-order valence-corrected chi connectivity index (χ1v) is 4.37. The van der Waals surface area contributed by atoms with Gasteiger partial charge in [-0.2, -0.15) is 0 Å². The smallest absolute Gasteiger partial charge is 0.233 e. The van der Waals surface area contributed by atoms with E-state index in [1.165, 1.54) is 0 Å². The molecule has 0 aromatic heterocycles. The highest BCUT2D eigenvalue weighted by Gasteiger charge is 1.86. The first-order chi connectivity index (χ1) is 5.83. The standard InChI is InChI=1S/C10H8BrN/c1-12-8-2-3-9-4-6-10(11)7-5-9/h2-7H,8H2/b3-2+. The van der Waals surface area contributed by atoms with E-state index in [0.717, 1.165) is 10.0 Å². The Morgan fingerprint density at radius 3 is 2.58 bits per heavy atom. The lowest BCUT2D eigenvalue weighted by Gasteiger charge is -1.91. The first kappa shape index (κ1) is 9.02. The van der Waals surface area contributed by atoms with Gasteiger partial charge >= 0.3 is 0 Å². The SMILES string of the molecule is [C-]#[N+]C/C=C/c1ccc(Br)cc1. The second kappa shape index (κ2) is 4.74. The molecule has 60 valence electrons. The summed E-state index contributed by atoms with van der Waals surface area (Å²) >= 11 is 3.35. The number of hydrogen-bond acceptors (Lipinski definition) is 0. The first-order valence-electron chi connectivity index (χ1n) is 3.58. The fourth-order valence-corrected chi connectivity index (χ4v) is 1.08. The highest BCUT2D eigenvalue weighted by Crippen LogP contribution is 2.11. The van der Waals surface area contributed by atoms with E-state index in [2.05, 4.69) is 20.8 Å². The van der Waals surface area contributed by atoms with Crippen molar-refractivity contribution in [3.05, 3.63) is 51.8 Å². The lowest BCUT2D eigenvalue weighted by molar-refractivity contribution is 1.53. The molecule has 0 saturated carbocycles. The number of rotatable bonds is 2. The molecule has 0 N–H and O–H groups in total. The summed E-state index contributed by atoms with van der Waals surface area (Å²) in [6.07, 6.45) is 3.81. The molecule has 1 aromatic rings. The molecular weight excluding hydrogens is 214 g/mol. The quantitative estimate of drug-likeness (QED) is 0.675. The van der Waals surface area contributed by atoms with Crippen LogP contribution in [0.5, 0.6) is 0 Å². The summed E-state index contributed by atoms with van der Waals surface area (Å²) < 4.78 is 1.07. The van der Waals surface area contributed by atoms with Crippen LogP contribution >= 0.6 is 15.9 Å². The molecule has 0 atom stereocenters. The molecule has 1 rings (SSSR count). The maximum atomic E-state index is 6.57. The fourth-order valence-electron chi connectivity index (χ4n) is 0.815. The van der Waals surface area contributed by atoms with E-state index >= 15 is 0 Å². The minimum absolute atomic E-state index is 0.454. The summed E-state index contributed by atoms with van der Waals surface area (Å²) in [5, 5.41) is 0. The Kier molecular flexibility index (Phi) is 3.56. The van der Waals surface area contributed by atoms with E-state index in [9.17, 15) is 0 Å². The molecule has 0 unspecified atom stereocenters. The summed E-state index contributed by atoms with van der Waals surface area (Å²) in [6, 6.07) is 7.98. The topological polar surface area (TPSA) is 4.36 Å². The van der Waals surface area contributed by atoms with Gasteiger partial charge in [-0.1, -0.05) is 34.1 Å². The van der Waals surface area contributed by atoms with E-state index in [1.807, 2.05) is 36.4 Å². The minimum Gasteiger partial charge on any atom is -0.312 e. The number of halogens is 1. The molecule has 0 amide bonds. The van der Waals surface area contributed by atoms with Crippen molar-refractivity contribution in [3.8, 4) is 0 Å². The lowest BCUT2D eigenvalue weighted by Crippen LogP contribution is -1.71. The largest absolute Gasteiger partial charge is 0.312 e. The second-order valence-electron chi connectivity index (χ2n) is 2.29. The minimum atomic E-state index is 0.454. The zero-order valence-corrected chi connectivity index (χ0v) is 8.08. The summed E-state index contributed by atoms with van der Waals surface area (Å²) in [5.41, 5.74) is 1.13. The highest BCUT2D eigenvalue weighted by atomic mass is 79.9. The maximum absolute atomic E-state index is 6.57. The van der Waals surface area contributed by atoms with Gasteiger partial charge in [-0.25, -0.2) is 6.57 Å². The molecule has 1 nitrogen and oxygen atoms in total. The summed E-state index contributed by atoms with van der Waals surface area (Å²) in [6.45, 7) is 7.02. The van der Waals surface area contributed by atoms with Crippen LogP contribution in [0.25, 0.3) is 10.9 Å². The van der Waals surface area contributed by atoms with Gasteiger partial charge in [0, 0.05) is 4.47 Å². The van der Waals surface area contributed by atoms with Crippen molar-refractivity contribution in [2.45, 2.75) is 0 Å². The molecule has 0 aliphatic rings. The van der Waals surface area contributed by atoms with Crippen LogP contribution in [-0.2, 0) is 0 Å². The highest BCUT2D eigenvalue weighted by molar-refractivity contribution is 9.10. The van der Waals surface area contributed by atoms with Crippen LogP contribution < -0.4 is 0 Å². The Bertz CT molecular complexity index is 306. The van der Waals surface area contributed by atoms with E-state index in [0.29, 0.717) is 6.54 Å². The Balaban J connectivity index is 2.66. The van der Waals surface area contributed by atoms with Crippen LogP contribution in [0.15, 0.2) is 34.8 Å². The molecule has 0 aliphatic carbocycles. The molecule has 0 bridgehead atoms. The third-order valence-corrected chi connectivity index (χ3v) is 1.91. The average Bonchev–Trinajstić information content (AvgIpc) is 2.09. The van der Waals surface area contributed by atoms with Gasteiger partial charge in [0.15, 0.2) is 0 Å². The zero-order valence-electron chi connectivity index (χ0n) is 6.50. The number of nitrogens with zero attached hydrogens (tertiary/aromatic N) is 1. The Labute approximate surface area is 80.7 Å². The molecule has 2 heteroatoms. The van der Waals surface area contributed by atoms with Gasteiger partial charge in [-0.05, 0) is 23.8 Å². The molecule has 0 aliphatic heterocycles. The molecule has 0 radical (unpaired) electrons. The Hall–Kier alpha value is -1.07. The number of hydrogen-bond donors (Lipinski definition) is 0. The molecule has 0 spiro atoms. The van der Waals surface area contributed by atoms with Gasteiger partial charge < -0.3 is 4.85 Å². The molecule has 0 heterocycles. The predicted octanol–water partition coefficient (Wildman–Crippen LogP) is 3.38. The van der Waals surface area contributed by atoms with Gasteiger partial charge in [-0.3, -0.25) is 0 Å². The second-order valence-corrected chi connectivity index (χ2v) is 3.21. The van der Waals surface area contributed by atoms with E-state index in [-0.39, 0.29) is 0 Å². The van der Waals surface area contributed by atoms with Crippen molar-refractivity contribution < 1.29 is 0 Å². The van der Waals surface area contributed by atoms with Crippen molar-refractivity contribution in [2.24, 2.45) is 0 Å². The Morgan fingerprint density at radius 2 is 2.00 bits per heavy atom. The van der Waals surface area contributed by atoms with E-state index < -0.39 is 0 Å². The molecular formula is C10H8BrN. The van der Waals surface area contributed by atoms with Crippen molar-refractivity contribution in [1.29, 1.82) is 0 Å². The Morgan fingerprint density at radius 1 is 1.33 bits per heavy atom. The number of benzene rings is 1. The van der Waals surface area contributed by atoms with Crippen LogP contribution in [0.2, 0.25) is 0 Å². The van der Waals surface area contributed by atoms with Crippen LogP contribution in [0.1, 0.15) is 5.56 Å². The van der Waals surface area contributed by atoms with Gasteiger partial charge in [0.2, 0.25) is 6.54 Å². The van der Waals surface area contributed by atoms with Gasteiger partial charge in [0.25, 0.3) is 0 Å². The van der Waals surface area contributed by atoms with Gasteiger partial charge in [0.1, 0.15) is 0 Å². The monoisotopic (exact) mass is 221 g/mol. The van der Waals surface area contributed by atoms with E-state index in [1.54, 1.807) is 0 Å². The predicted molar refractivity (Wildman–Crippen MR) is 54.6 cm³/mol. The van der Waals surface area contributed by atoms with Gasteiger partial charge in [-0.15, -0.1) is 0 Å². The zero-order chi connectivity index (χ0) is 8.81. The maximum Gasteiger partial charge on any atom is 0.233 e. The van der Waals surface area contributed by atoms with Crippen LogP contribution in [0, 0.1) is 6.57 Å². The lowest BCUT2D eigenvalue weighted by atomic mass is 10.2. The fraction of sp³-hybridized carbons (Fsp3) is 0.100. The third-order valence-electron chi connectivity index (χ3n) is 1.38. The molecule has 0 saturated heterocycles. The van der Waals surface area contributed by atoms with Crippen LogP contribution in [0.4, 0.5) is 0 Å². The molecule has 1 aromatic carbocycles. The van der Waals surface area contributed by atoms with Crippen molar-refractivity contribution in [1.82, 2.24) is 0 Å². The van der Waals surface area contributed by atoms with Crippen LogP contribution in [0.3, 0.4) is 0 Å². The van der Waals surface area contributed by atoms with Crippen molar-refractivity contribution in [3.63, 3.8) is 0 Å². The normalized spacial score (nSPS) is 10.0. The van der Waals surface area contributed by atoms with Crippen LogP contribution in [-0.4, -0.2) is 6.54 Å². The molecule has 0 fully saturated rings. The third kappa shape index (κ3) is 2.89. The average molecular weight is 222 g/mol. The van der Waals surface area contributed by atoms with E-state index in [4.69, 9.17) is 6.57 Å². The van der Waals surface area contributed by atoms with Gasteiger partial charge in [0.05, 0.1) is 0 Å².